The zero-order chi connectivity index (χ0) is 19.1. The van der Waals surface area contributed by atoms with Crippen LogP contribution in [0, 0.1) is 11.2 Å². The SMILES string of the molecule is CCc1ccc(-c2ccc(Cl)c(F)c2)cc1C1=C(O)CC(C)(C)CC1=O. The molecule has 0 atom stereocenters. The maximum absolute atomic E-state index is 13.8. The Balaban J connectivity index is 2.15. The molecule has 0 bridgehead atoms. The van der Waals surface area contributed by atoms with Crippen LogP contribution in [-0.2, 0) is 11.2 Å². The normalized spacial score (nSPS) is 16.9. The summed E-state index contributed by atoms with van der Waals surface area (Å²) in [6.07, 6.45) is 1.60. The van der Waals surface area contributed by atoms with Crippen LogP contribution < -0.4 is 0 Å². The van der Waals surface area contributed by atoms with Gasteiger partial charge in [-0.05, 0) is 52.3 Å². The Bertz CT molecular complexity index is 912. The first-order chi connectivity index (χ1) is 12.2. The van der Waals surface area contributed by atoms with Crippen LogP contribution in [0.15, 0.2) is 42.2 Å². The number of rotatable bonds is 3. The molecule has 0 saturated carbocycles. The lowest BCUT2D eigenvalue weighted by Crippen LogP contribution is -2.25. The summed E-state index contributed by atoms with van der Waals surface area (Å²) in [6, 6.07) is 10.3. The first-order valence-corrected chi connectivity index (χ1v) is 9.13. The fourth-order valence-electron chi connectivity index (χ4n) is 3.57. The van der Waals surface area contributed by atoms with Crippen molar-refractivity contribution < 1.29 is 14.3 Å². The third kappa shape index (κ3) is 3.54. The van der Waals surface area contributed by atoms with E-state index < -0.39 is 5.82 Å². The van der Waals surface area contributed by atoms with Gasteiger partial charge >= 0.3 is 0 Å². The van der Waals surface area contributed by atoms with Crippen molar-refractivity contribution in [2.75, 3.05) is 0 Å². The molecule has 0 unspecified atom stereocenters. The van der Waals surface area contributed by atoms with E-state index >= 15 is 0 Å². The second kappa shape index (κ2) is 6.88. The highest BCUT2D eigenvalue weighted by molar-refractivity contribution is 6.30. The predicted molar refractivity (Wildman–Crippen MR) is 104 cm³/mol. The number of Topliss-reactive ketones (excluding diaryl/α,β-unsaturated/α-hetero) is 1. The Morgan fingerprint density at radius 3 is 2.38 bits per heavy atom. The standard InChI is InChI=1S/C22H22ClFO2/c1-4-13-5-6-14(15-7-8-17(23)18(24)10-15)9-16(13)21-19(25)11-22(2,3)12-20(21)26/h5-10,25H,4,11-12H2,1-3H3. The van der Waals surface area contributed by atoms with Crippen LogP contribution in [0.4, 0.5) is 4.39 Å². The number of carbonyl (C=O) groups is 1. The quantitative estimate of drug-likeness (QED) is 0.679. The van der Waals surface area contributed by atoms with Gasteiger partial charge in [-0.2, -0.15) is 0 Å². The van der Waals surface area contributed by atoms with Gasteiger partial charge in [0.2, 0.25) is 0 Å². The van der Waals surface area contributed by atoms with E-state index in [2.05, 4.69) is 0 Å². The van der Waals surface area contributed by atoms with Gasteiger partial charge in [0.15, 0.2) is 5.78 Å². The molecule has 0 saturated heterocycles. The molecule has 1 aliphatic rings. The summed E-state index contributed by atoms with van der Waals surface area (Å²) < 4.78 is 13.8. The van der Waals surface area contributed by atoms with Gasteiger partial charge in [-0.25, -0.2) is 4.39 Å². The third-order valence-corrected chi connectivity index (χ3v) is 5.17. The molecule has 1 N–H and O–H groups in total. The number of halogens is 2. The molecule has 0 aromatic heterocycles. The molecule has 2 aromatic rings. The first-order valence-electron chi connectivity index (χ1n) is 8.76. The van der Waals surface area contributed by atoms with E-state index in [1.807, 2.05) is 39.0 Å². The van der Waals surface area contributed by atoms with Crippen molar-refractivity contribution in [1.29, 1.82) is 0 Å². The van der Waals surface area contributed by atoms with Gasteiger partial charge < -0.3 is 5.11 Å². The lowest BCUT2D eigenvalue weighted by atomic mass is 9.74. The minimum Gasteiger partial charge on any atom is -0.512 e. The number of hydrogen-bond acceptors (Lipinski definition) is 2. The summed E-state index contributed by atoms with van der Waals surface area (Å²) in [5.41, 5.74) is 3.34. The number of ketones is 1. The largest absolute Gasteiger partial charge is 0.512 e. The van der Waals surface area contributed by atoms with Crippen LogP contribution in [0.2, 0.25) is 5.02 Å². The van der Waals surface area contributed by atoms with Gasteiger partial charge in [0.05, 0.1) is 10.6 Å². The average molecular weight is 373 g/mol. The molecule has 2 nitrogen and oxygen atoms in total. The van der Waals surface area contributed by atoms with E-state index in [0.717, 1.165) is 23.1 Å². The Kier molecular flexibility index (Phi) is 4.94. The molecular formula is C22H22ClFO2. The molecule has 0 heterocycles. The zero-order valence-electron chi connectivity index (χ0n) is 15.2. The summed E-state index contributed by atoms with van der Waals surface area (Å²) in [7, 11) is 0. The molecule has 0 spiro atoms. The van der Waals surface area contributed by atoms with Crippen molar-refractivity contribution in [2.45, 2.75) is 40.0 Å². The van der Waals surface area contributed by atoms with Crippen molar-refractivity contribution in [1.82, 2.24) is 0 Å². The number of aryl methyl sites for hydroxylation is 1. The molecule has 0 fully saturated rings. The first kappa shape index (κ1) is 18.7. The molecule has 2 aromatic carbocycles. The van der Waals surface area contributed by atoms with Crippen LogP contribution in [0.1, 0.15) is 44.7 Å². The molecule has 3 rings (SSSR count). The summed E-state index contributed by atoms with van der Waals surface area (Å²) in [4.78, 5) is 12.7. The second-order valence-electron chi connectivity index (χ2n) is 7.62. The van der Waals surface area contributed by atoms with E-state index in [1.165, 1.54) is 12.1 Å². The summed E-state index contributed by atoms with van der Waals surface area (Å²) >= 11 is 5.77. The maximum Gasteiger partial charge on any atom is 0.167 e. The second-order valence-corrected chi connectivity index (χ2v) is 8.02. The number of aliphatic hydroxyl groups is 1. The number of allylic oxidation sites excluding steroid dienone is 2. The number of aliphatic hydroxyl groups excluding tert-OH is 1. The highest BCUT2D eigenvalue weighted by Gasteiger charge is 2.34. The van der Waals surface area contributed by atoms with Crippen LogP contribution >= 0.6 is 11.6 Å². The van der Waals surface area contributed by atoms with Gasteiger partial charge in [0, 0.05) is 12.8 Å². The number of benzene rings is 2. The number of hydrogen-bond donors (Lipinski definition) is 1. The summed E-state index contributed by atoms with van der Waals surface area (Å²) in [5, 5.41) is 10.6. The van der Waals surface area contributed by atoms with Crippen molar-refractivity contribution in [2.24, 2.45) is 5.41 Å². The zero-order valence-corrected chi connectivity index (χ0v) is 16.0. The molecule has 136 valence electrons. The minimum atomic E-state index is -0.483. The Morgan fingerprint density at radius 2 is 1.77 bits per heavy atom. The van der Waals surface area contributed by atoms with Crippen molar-refractivity contribution in [3.63, 3.8) is 0 Å². The Hall–Kier alpha value is -2.13. The predicted octanol–water partition coefficient (Wildman–Crippen LogP) is 6.37. The monoisotopic (exact) mass is 372 g/mol. The average Bonchev–Trinajstić information content (AvgIpc) is 2.55. The highest BCUT2D eigenvalue weighted by atomic mass is 35.5. The van der Waals surface area contributed by atoms with Gasteiger partial charge in [-0.3, -0.25) is 4.79 Å². The molecule has 1 aliphatic carbocycles. The fourth-order valence-corrected chi connectivity index (χ4v) is 3.68. The minimum absolute atomic E-state index is 0.0483. The molecule has 0 radical (unpaired) electrons. The summed E-state index contributed by atoms with van der Waals surface area (Å²) in [5.74, 6) is -0.392. The van der Waals surface area contributed by atoms with Crippen LogP contribution in [0.5, 0.6) is 0 Å². The van der Waals surface area contributed by atoms with E-state index in [9.17, 15) is 14.3 Å². The highest BCUT2D eigenvalue weighted by Crippen LogP contribution is 2.41. The van der Waals surface area contributed by atoms with Crippen LogP contribution in [0.25, 0.3) is 16.7 Å². The lowest BCUT2D eigenvalue weighted by molar-refractivity contribution is -0.116. The third-order valence-electron chi connectivity index (χ3n) is 4.87. The van der Waals surface area contributed by atoms with Gasteiger partial charge in [-0.15, -0.1) is 0 Å². The Morgan fingerprint density at radius 1 is 1.12 bits per heavy atom. The van der Waals surface area contributed by atoms with Crippen molar-refractivity contribution in [3.8, 4) is 11.1 Å². The van der Waals surface area contributed by atoms with Gasteiger partial charge in [0.25, 0.3) is 0 Å². The Labute approximate surface area is 158 Å². The molecule has 0 amide bonds. The topological polar surface area (TPSA) is 37.3 Å². The molecular weight excluding hydrogens is 351 g/mol. The lowest BCUT2D eigenvalue weighted by Gasteiger charge is -2.30. The van der Waals surface area contributed by atoms with Crippen LogP contribution in [-0.4, -0.2) is 10.9 Å². The van der Waals surface area contributed by atoms with E-state index in [-0.39, 0.29) is 22.0 Å². The van der Waals surface area contributed by atoms with E-state index in [1.54, 1.807) is 6.07 Å². The number of carbonyl (C=O) groups excluding carboxylic acids is 1. The van der Waals surface area contributed by atoms with Crippen LogP contribution in [0.3, 0.4) is 0 Å². The van der Waals surface area contributed by atoms with E-state index in [0.29, 0.717) is 24.0 Å². The van der Waals surface area contributed by atoms with Gasteiger partial charge in [0.1, 0.15) is 11.6 Å². The van der Waals surface area contributed by atoms with E-state index in [4.69, 9.17) is 11.6 Å². The fraction of sp³-hybridized carbons (Fsp3) is 0.318. The molecule has 26 heavy (non-hydrogen) atoms. The molecule has 0 aliphatic heterocycles. The smallest absolute Gasteiger partial charge is 0.167 e. The summed E-state index contributed by atoms with van der Waals surface area (Å²) in [6.45, 7) is 5.96. The molecule has 4 heteroatoms. The van der Waals surface area contributed by atoms with Crippen molar-refractivity contribution >= 4 is 23.0 Å². The van der Waals surface area contributed by atoms with Crippen molar-refractivity contribution in [3.05, 3.63) is 64.1 Å². The maximum atomic E-state index is 13.8. The van der Waals surface area contributed by atoms with Gasteiger partial charge in [-0.1, -0.05) is 50.6 Å².